The SMILES string of the molecule is Cc1cc([N+](=O)[O-])cc([N+](=O)[O-])c1OCN1C[C@@H](C)N(Cc2ccc(F)cc2)C(=C=O)[C@@H]1C. The molecule has 11 heteroatoms. The summed E-state index contributed by atoms with van der Waals surface area (Å²) in [5.74, 6) is 1.59. The molecule has 2 aromatic rings. The molecule has 33 heavy (non-hydrogen) atoms. The van der Waals surface area contributed by atoms with Gasteiger partial charge in [0, 0.05) is 30.8 Å². The van der Waals surface area contributed by atoms with Crippen molar-refractivity contribution in [3.8, 4) is 5.75 Å². The number of ether oxygens (including phenoxy) is 1. The van der Waals surface area contributed by atoms with Gasteiger partial charge in [0.1, 0.15) is 24.2 Å². The molecule has 0 aromatic heterocycles. The fourth-order valence-electron chi connectivity index (χ4n) is 3.90. The summed E-state index contributed by atoms with van der Waals surface area (Å²) in [7, 11) is 0. The maximum atomic E-state index is 13.2. The minimum atomic E-state index is -0.723. The van der Waals surface area contributed by atoms with Gasteiger partial charge in [-0.25, -0.2) is 9.18 Å². The minimum absolute atomic E-state index is 0.0594. The zero-order valence-corrected chi connectivity index (χ0v) is 18.4. The third-order valence-electron chi connectivity index (χ3n) is 5.68. The van der Waals surface area contributed by atoms with E-state index in [2.05, 4.69) is 0 Å². The van der Waals surface area contributed by atoms with Crippen molar-refractivity contribution >= 4 is 17.3 Å². The molecule has 0 amide bonds. The quantitative estimate of drug-likeness (QED) is 0.351. The molecule has 0 bridgehead atoms. The maximum absolute atomic E-state index is 13.2. The van der Waals surface area contributed by atoms with Gasteiger partial charge in [0.05, 0.1) is 22.0 Å². The molecular formula is C22H23FN4O6. The van der Waals surface area contributed by atoms with Crippen LogP contribution in [0.5, 0.6) is 5.75 Å². The van der Waals surface area contributed by atoms with Crippen molar-refractivity contribution in [1.29, 1.82) is 0 Å². The van der Waals surface area contributed by atoms with Gasteiger partial charge in [0.2, 0.25) is 5.75 Å². The summed E-state index contributed by atoms with van der Waals surface area (Å²) in [5.41, 5.74) is 0.594. The van der Waals surface area contributed by atoms with Gasteiger partial charge in [0.25, 0.3) is 5.69 Å². The van der Waals surface area contributed by atoms with Crippen LogP contribution in [-0.2, 0) is 11.3 Å². The molecule has 0 radical (unpaired) electrons. The Kier molecular flexibility index (Phi) is 7.05. The number of halogens is 1. The molecule has 3 rings (SSSR count). The molecule has 1 saturated heterocycles. The highest BCUT2D eigenvalue weighted by Gasteiger charge is 2.35. The van der Waals surface area contributed by atoms with Gasteiger partial charge in [-0.2, -0.15) is 0 Å². The summed E-state index contributed by atoms with van der Waals surface area (Å²) in [6.45, 7) is 6.02. The summed E-state index contributed by atoms with van der Waals surface area (Å²) < 4.78 is 19.0. The summed E-state index contributed by atoms with van der Waals surface area (Å²) in [6, 6.07) is 7.57. The van der Waals surface area contributed by atoms with Crippen molar-refractivity contribution in [1.82, 2.24) is 9.80 Å². The molecule has 0 aliphatic carbocycles. The molecule has 0 unspecified atom stereocenters. The average Bonchev–Trinajstić information content (AvgIpc) is 2.76. The normalized spacial score (nSPS) is 18.7. The van der Waals surface area contributed by atoms with E-state index >= 15 is 0 Å². The van der Waals surface area contributed by atoms with Crippen molar-refractivity contribution in [3.63, 3.8) is 0 Å². The van der Waals surface area contributed by atoms with E-state index in [1.54, 1.807) is 19.1 Å². The number of non-ortho nitro benzene ring substituents is 1. The maximum Gasteiger partial charge on any atom is 0.318 e. The number of hydrogen-bond acceptors (Lipinski definition) is 8. The van der Waals surface area contributed by atoms with Crippen molar-refractivity contribution in [2.45, 2.75) is 39.4 Å². The lowest BCUT2D eigenvalue weighted by Crippen LogP contribution is -2.55. The smallest absolute Gasteiger partial charge is 0.318 e. The number of nitro groups is 2. The minimum Gasteiger partial charge on any atom is -0.471 e. The number of piperazine rings is 1. The van der Waals surface area contributed by atoms with E-state index in [4.69, 9.17) is 4.74 Å². The molecule has 0 saturated carbocycles. The first kappa shape index (κ1) is 23.8. The zero-order chi connectivity index (χ0) is 24.3. The highest BCUT2D eigenvalue weighted by molar-refractivity contribution is 5.58. The Labute approximate surface area is 189 Å². The van der Waals surface area contributed by atoms with Crippen LogP contribution >= 0.6 is 0 Å². The number of nitrogens with zero attached hydrogens (tertiary/aromatic N) is 4. The highest BCUT2D eigenvalue weighted by Crippen LogP contribution is 2.35. The second-order valence-electron chi connectivity index (χ2n) is 7.94. The lowest BCUT2D eigenvalue weighted by molar-refractivity contribution is -0.394. The fourth-order valence-corrected chi connectivity index (χ4v) is 3.90. The van der Waals surface area contributed by atoms with E-state index in [9.17, 15) is 29.4 Å². The summed E-state index contributed by atoms with van der Waals surface area (Å²) in [5, 5.41) is 22.5. The van der Waals surface area contributed by atoms with Gasteiger partial charge < -0.3 is 9.64 Å². The Hall–Kier alpha value is -3.82. The van der Waals surface area contributed by atoms with Gasteiger partial charge >= 0.3 is 5.69 Å². The van der Waals surface area contributed by atoms with Crippen LogP contribution in [-0.4, -0.2) is 50.9 Å². The number of carbonyl (C=O) groups excluding carboxylic acids is 1. The van der Waals surface area contributed by atoms with Crippen LogP contribution in [0.2, 0.25) is 0 Å². The summed E-state index contributed by atoms with van der Waals surface area (Å²) >= 11 is 0. The Balaban J connectivity index is 1.78. The van der Waals surface area contributed by atoms with Crippen molar-refractivity contribution < 1.29 is 23.8 Å². The topological polar surface area (TPSA) is 119 Å². The molecule has 0 N–H and O–H groups in total. The van der Waals surface area contributed by atoms with Crippen LogP contribution in [0.15, 0.2) is 42.1 Å². The van der Waals surface area contributed by atoms with Gasteiger partial charge in [-0.05, 0) is 38.5 Å². The molecule has 1 fully saturated rings. The Morgan fingerprint density at radius 1 is 1.15 bits per heavy atom. The third kappa shape index (κ3) is 5.16. The molecule has 1 heterocycles. The first-order valence-corrected chi connectivity index (χ1v) is 10.2. The van der Waals surface area contributed by atoms with Gasteiger partial charge in [0.15, 0.2) is 0 Å². The van der Waals surface area contributed by atoms with Crippen LogP contribution < -0.4 is 4.74 Å². The molecule has 10 nitrogen and oxygen atoms in total. The van der Waals surface area contributed by atoms with Crippen LogP contribution in [0.1, 0.15) is 25.0 Å². The van der Waals surface area contributed by atoms with E-state index < -0.39 is 27.3 Å². The predicted octanol–water partition coefficient (Wildman–Crippen LogP) is 3.60. The standard InChI is InChI=1S/C22H23FN4O6/c1-14-8-19(26(29)30)9-20(27(31)32)22(14)33-13-24-10-15(2)25(21(12-28)16(24)3)11-17-4-6-18(23)7-5-17/h4-9,15-16H,10-11,13H2,1-3H3/t15-,16+/m1/s1. The highest BCUT2D eigenvalue weighted by atomic mass is 19.1. The monoisotopic (exact) mass is 458 g/mol. The predicted molar refractivity (Wildman–Crippen MR) is 117 cm³/mol. The summed E-state index contributed by atoms with van der Waals surface area (Å²) in [4.78, 5) is 36.6. The van der Waals surface area contributed by atoms with Crippen molar-refractivity contribution in [2.24, 2.45) is 0 Å². The van der Waals surface area contributed by atoms with Crippen LogP contribution in [0.3, 0.4) is 0 Å². The molecule has 174 valence electrons. The fraction of sp³-hybridized carbons (Fsp3) is 0.364. The Morgan fingerprint density at radius 2 is 1.82 bits per heavy atom. The number of nitro benzene ring substituents is 2. The largest absolute Gasteiger partial charge is 0.471 e. The van der Waals surface area contributed by atoms with Gasteiger partial charge in [-0.15, -0.1) is 0 Å². The van der Waals surface area contributed by atoms with Gasteiger partial charge in [-0.3, -0.25) is 25.1 Å². The second-order valence-corrected chi connectivity index (χ2v) is 7.94. The Bertz CT molecular complexity index is 1120. The van der Waals surface area contributed by atoms with E-state index in [1.165, 1.54) is 25.1 Å². The summed E-state index contributed by atoms with van der Waals surface area (Å²) in [6.07, 6.45) is 0. The van der Waals surface area contributed by atoms with E-state index in [0.717, 1.165) is 11.6 Å². The number of hydrogen-bond donors (Lipinski definition) is 0. The van der Waals surface area contributed by atoms with Gasteiger partial charge in [-0.1, -0.05) is 12.1 Å². The molecule has 2 aromatic carbocycles. The molecular weight excluding hydrogens is 435 g/mol. The van der Waals surface area contributed by atoms with Crippen LogP contribution in [0.25, 0.3) is 0 Å². The lowest BCUT2D eigenvalue weighted by Gasteiger charge is -2.45. The molecule has 2 atom stereocenters. The van der Waals surface area contributed by atoms with Crippen LogP contribution in [0.4, 0.5) is 15.8 Å². The first-order chi connectivity index (χ1) is 15.6. The zero-order valence-electron chi connectivity index (χ0n) is 18.4. The third-order valence-corrected chi connectivity index (χ3v) is 5.68. The lowest BCUT2D eigenvalue weighted by atomic mass is 10.0. The average molecular weight is 458 g/mol. The molecule has 1 aliphatic rings. The van der Waals surface area contributed by atoms with Crippen LogP contribution in [0, 0.1) is 33.0 Å². The molecule has 1 aliphatic heterocycles. The Morgan fingerprint density at radius 3 is 2.39 bits per heavy atom. The number of rotatable bonds is 7. The van der Waals surface area contributed by atoms with Crippen molar-refractivity contribution in [2.75, 3.05) is 13.3 Å². The number of aryl methyl sites for hydroxylation is 1. The van der Waals surface area contributed by atoms with E-state index in [1.807, 2.05) is 22.7 Å². The molecule has 0 spiro atoms. The van der Waals surface area contributed by atoms with Crippen molar-refractivity contribution in [3.05, 3.63) is 79.3 Å². The first-order valence-electron chi connectivity index (χ1n) is 10.2. The van der Waals surface area contributed by atoms with E-state index in [-0.39, 0.29) is 29.9 Å². The second kappa shape index (κ2) is 9.76. The van der Waals surface area contributed by atoms with E-state index in [0.29, 0.717) is 18.8 Å². The number of benzene rings is 2.